The van der Waals surface area contributed by atoms with Crippen molar-refractivity contribution in [2.75, 3.05) is 7.11 Å². The fourth-order valence-corrected chi connectivity index (χ4v) is 1.56. The van der Waals surface area contributed by atoms with Crippen LogP contribution in [0.3, 0.4) is 0 Å². The zero-order valence-corrected chi connectivity index (χ0v) is 10.3. The van der Waals surface area contributed by atoms with Crippen LogP contribution in [0.4, 0.5) is 5.69 Å². The third kappa shape index (κ3) is 2.52. The first kappa shape index (κ1) is 13.0. The first-order chi connectivity index (χ1) is 9.02. The lowest BCUT2D eigenvalue weighted by Crippen LogP contribution is -2.01. The van der Waals surface area contributed by atoms with Crippen LogP contribution in [0.2, 0.25) is 0 Å². The predicted molar refractivity (Wildman–Crippen MR) is 65.2 cm³/mol. The van der Waals surface area contributed by atoms with Crippen LogP contribution in [-0.2, 0) is 0 Å². The molecule has 2 aromatic rings. The number of nitro groups is 1. The van der Waals surface area contributed by atoms with Crippen molar-refractivity contribution in [3.05, 3.63) is 40.2 Å². The number of rotatable bonds is 4. The molecular formula is C11H12N4O4. The van der Waals surface area contributed by atoms with Crippen molar-refractivity contribution < 1.29 is 14.8 Å². The van der Waals surface area contributed by atoms with Gasteiger partial charge in [0.05, 0.1) is 30.4 Å². The molecule has 0 fully saturated rings. The number of nitrogens with zero attached hydrogens (tertiary/aromatic N) is 4. The Morgan fingerprint density at radius 1 is 1.53 bits per heavy atom. The Labute approximate surface area is 108 Å². The molecule has 0 aliphatic carbocycles. The maximum atomic E-state index is 11.0. The summed E-state index contributed by atoms with van der Waals surface area (Å²) in [7, 11) is 1.43. The van der Waals surface area contributed by atoms with Crippen molar-refractivity contribution >= 4 is 5.69 Å². The number of hydrogen-bond donors (Lipinski definition) is 1. The first-order valence-corrected chi connectivity index (χ1v) is 5.46. The Morgan fingerprint density at radius 3 is 2.79 bits per heavy atom. The summed E-state index contributed by atoms with van der Waals surface area (Å²) in [5, 5.41) is 27.9. The second-order valence-electron chi connectivity index (χ2n) is 3.88. The number of benzene rings is 1. The Bertz CT molecular complexity index is 608. The molecule has 1 heterocycles. The Balaban J connectivity index is 2.51. The van der Waals surface area contributed by atoms with E-state index in [9.17, 15) is 15.2 Å². The van der Waals surface area contributed by atoms with Crippen LogP contribution >= 0.6 is 0 Å². The van der Waals surface area contributed by atoms with Crippen LogP contribution in [0.1, 0.15) is 18.7 Å². The highest BCUT2D eigenvalue weighted by molar-refractivity contribution is 5.55. The molecule has 0 bridgehead atoms. The lowest BCUT2D eigenvalue weighted by Gasteiger charge is -2.04. The summed E-state index contributed by atoms with van der Waals surface area (Å²) in [6, 6.07) is 4.41. The van der Waals surface area contributed by atoms with Crippen LogP contribution in [-0.4, -0.2) is 32.1 Å². The molecule has 1 atom stereocenters. The molecule has 1 aromatic heterocycles. The normalized spacial score (nSPS) is 12.2. The van der Waals surface area contributed by atoms with Crippen molar-refractivity contribution in [2.45, 2.75) is 13.0 Å². The van der Waals surface area contributed by atoms with E-state index in [0.717, 1.165) is 0 Å². The first-order valence-electron chi connectivity index (χ1n) is 5.46. The van der Waals surface area contributed by atoms with Gasteiger partial charge in [0.1, 0.15) is 17.1 Å². The molecule has 19 heavy (non-hydrogen) atoms. The van der Waals surface area contributed by atoms with E-state index in [-0.39, 0.29) is 11.4 Å². The maximum absolute atomic E-state index is 11.0. The number of aliphatic hydroxyl groups is 1. The van der Waals surface area contributed by atoms with E-state index in [0.29, 0.717) is 11.4 Å². The molecule has 1 aromatic carbocycles. The highest BCUT2D eigenvalue weighted by Crippen LogP contribution is 2.27. The second-order valence-corrected chi connectivity index (χ2v) is 3.88. The fraction of sp³-hybridized carbons (Fsp3) is 0.273. The third-order valence-electron chi connectivity index (χ3n) is 2.57. The van der Waals surface area contributed by atoms with Gasteiger partial charge in [-0.3, -0.25) is 10.1 Å². The van der Waals surface area contributed by atoms with Crippen LogP contribution in [0.5, 0.6) is 5.75 Å². The standard InChI is InChI=1S/C11H12N4O4/c1-7(16)9-6-14(13-12-9)10-4-3-8(19-2)5-11(10)15(17)18/h3-7,16H,1-2H3. The lowest BCUT2D eigenvalue weighted by molar-refractivity contribution is -0.384. The van der Waals surface area contributed by atoms with Gasteiger partial charge in [-0.2, -0.15) is 0 Å². The highest BCUT2D eigenvalue weighted by atomic mass is 16.6. The SMILES string of the molecule is COc1ccc(-n2cc(C(C)O)nn2)c([N+](=O)[O-])c1. The fourth-order valence-electron chi connectivity index (χ4n) is 1.56. The van der Waals surface area contributed by atoms with E-state index in [1.165, 1.54) is 37.0 Å². The molecule has 0 radical (unpaired) electrons. The number of aromatic nitrogens is 3. The van der Waals surface area contributed by atoms with Crippen molar-refractivity contribution in [3.63, 3.8) is 0 Å². The second kappa shape index (κ2) is 5.02. The minimum absolute atomic E-state index is 0.151. The van der Waals surface area contributed by atoms with E-state index in [1.54, 1.807) is 6.07 Å². The van der Waals surface area contributed by atoms with Crippen LogP contribution in [0.25, 0.3) is 5.69 Å². The van der Waals surface area contributed by atoms with Crippen molar-refractivity contribution in [2.24, 2.45) is 0 Å². The lowest BCUT2D eigenvalue weighted by atomic mass is 10.2. The van der Waals surface area contributed by atoms with E-state index in [2.05, 4.69) is 10.3 Å². The minimum Gasteiger partial charge on any atom is -0.496 e. The van der Waals surface area contributed by atoms with Crippen molar-refractivity contribution in [1.29, 1.82) is 0 Å². The zero-order valence-electron chi connectivity index (χ0n) is 10.3. The predicted octanol–water partition coefficient (Wildman–Crippen LogP) is 1.24. The van der Waals surface area contributed by atoms with Crippen LogP contribution in [0, 0.1) is 10.1 Å². The number of nitro benzene ring substituents is 1. The summed E-state index contributed by atoms with van der Waals surface area (Å²) in [5.74, 6) is 0.381. The third-order valence-corrected chi connectivity index (χ3v) is 2.57. The van der Waals surface area contributed by atoms with Gasteiger partial charge in [0.2, 0.25) is 0 Å². The van der Waals surface area contributed by atoms with Crippen LogP contribution < -0.4 is 4.74 Å². The molecule has 0 saturated heterocycles. The van der Waals surface area contributed by atoms with Crippen molar-refractivity contribution in [3.8, 4) is 11.4 Å². The summed E-state index contributed by atoms with van der Waals surface area (Å²) >= 11 is 0. The Hall–Kier alpha value is -2.48. The van der Waals surface area contributed by atoms with E-state index >= 15 is 0 Å². The van der Waals surface area contributed by atoms with Gasteiger partial charge in [0, 0.05) is 0 Å². The zero-order chi connectivity index (χ0) is 14.0. The van der Waals surface area contributed by atoms with Gasteiger partial charge < -0.3 is 9.84 Å². The summed E-state index contributed by atoms with van der Waals surface area (Å²) < 4.78 is 6.20. The molecule has 8 nitrogen and oxygen atoms in total. The van der Waals surface area contributed by atoms with Gasteiger partial charge in [-0.1, -0.05) is 5.21 Å². The van der Waals surface area contributed by atoms with Gasteiger partial charge in [-0.25, -0.2) is 4.68 Å². The summed E-state index contributed by atoms with van der Waals surface area (Å²) in [5.41, 5.74) is 0.441. The van der Waals surface area contributed by atoms with E-state index in [1.807, 2.05) is 0 Å². The average Bonchev–Trinajstić information content (AvgIpc) is 2.87. The molecule has 1 N–H and O–H groups in total. The van der Waals surface area contributed by atoms with Crippen molar-refractivity contribution in [1.82, 2.24) is 15.0 Å². The Morgan fingerprint density at radius 2 is 2.26 bits per heavy atom. The molecule has 0 amide bonds. The quantitative estimate of drug-likeness (QED) is 0.658. The monoisotopic (exact) mass is 264 g/mol. The molecule has 0 saturated carbocycles. The number of aliphatic hydroxyl groups excluding tert-OH is 1. The van der Waals surface area contributed by atoms with Gasteiger partial charge in [-0.15, -0.1) is 5.10 Å². The number of hydrogen-bond acceptors (Lipinski definition) is 6. The molecule has 100 valence electrons. The summed E-state index contributed by atoms with van der Waals surface area (Å²) in [6.45, 7) is 1.54. The largest absolute Gasteiger partial charge is 0.496 e. The smallest absolute Gasteiger partial charge is 0.298 e. The van der Waals surface area contributed by atoms with Gasteiger partial charge >= 0.3 is 0 Å². The molecule has 0 spiro atoms. The highest BCUT2D eigenvalue weighted by Gasteiger charge is 2.18. The molecule has 0 aliphatic heterocycles. The molecule has 1 unspecified atom stereocenters. The van der Waals surface area contributed by atoms with E-state index in [4.69, 9.17) is 4.74 Å². The maximum Gasteiger partial charge on any atom is 0.298 e. The molecule has 2 rings (SSSR count). The molecular weight excluding hydrogens is 252 g/mol. The number of ether oxygens (including phenoxy) is 1. The Kier molecular flexibility index (Phi) is 3.43. The van der Waals surface area contributed by atoms with E-state index < -0.39 is 11.0 Å². The summed E-state index contributed by atoms with van der Waals surface area (Å²) in [6.07, 6.45) is 0.658. The minimum atomic E-state index is -0.786. The number of methoxy groups -OCH3 is 1. The molecule has 0 aliphatic rings. The summed E-state index contributed by atoms with van der Waals surface area (Å²) in [4.78, 5) is 10.5. The average molecular weight is 264 g/mol. The van der Waals surface area contributed by atoms with Gasteiger partial charge in [0.25, 0.3) is 5.69 Å². The topological polar surface area (TPSA) is 103 Å². The van der Waals surface area contributed by atoms with Crippen LogP contribution in [0.15, 0.2) is 24.4 Å². The van der Waals surface area contributed by atoms with Gasteiger partial charge in [-0.05, 0) is 19.1 Å². The van der Waals surface area contributed by atoms with Gasteiger partial charge in [0.15, 0.2) is 0 Å². The molecule has 8 heteroatoms.